The van der Waals surface area contributed by atoms with Gasteiger partial charge in [0.1, 0.15) is 18.3 Å². The lowest BCUT2D eigenvalue weighted by molar-refractivity contribution is -0.139. The number of nitrogens with zero attached hydrogens (tertiary/aromatic N) is 2. The maximum Gasteiger partial charge on any atom is 0.264 e. The number of rotatable bonds is 12. The van der Waals surface area contributed by atoms with Crippen LogP contribution in [-0.2, 0) is 32.6 Å². The number of carbonyl (C=O) groups is 2. The topological polar surface area (TPSA) is 96.0 Å². The molecule has 0 unspecified atom stereocenters. The summed E-state index contributed by atoms with van der Waals surface area (Å²) in [5, 5.41) is 2.76. The summed E-state index contributed by atoms with van der Waals surface area (Å²) in [4.78, 5) is 28.2. The van der Waals surface area contributed by atoms with E-state index >= 15 is 0 Å². The standard InChI is InChI=1S/C29H35N3O5S/c1-5-24-12-10-11-15-27(24)32(38(35,36)26-13-8-7-9-14-26)21-28(33)31(22(3)29(34)30-6-2)20-23-16-18-25(37-4)19-17-23/h7-19,22H,5-6,20-21H2,1-4H3,(H,30,34)/t22-/m0/s1. The molecule has 0 saturated heterocycles. The average Bonchev–Trinajstić information content (AvgIpc) is 2.95. The van der Waals surface area contributed by atoms with Crippen LogP contribution < -0.4 is 14.4 Å². The molecule has 0 bridgehead atoms. The number of hydrogen-bond donors (Lipinski definition) is 1. The molecule has 0 spiro atoms. The van der Waals surface area contributed by atoms with Gasteiger partial charge in [0.05, 0.1) is 17.7 Å². The zero-order valence-electron chi connectivity index (χ0n) is 22.3. The number of aryl methyl sites for hydroxylation is 1. The van der Waals surface area contributed by atoms with Crippen molar-refractivity contribution in [2.75, 3.05) is 24.5 Å². The van der Waals surface area contributed by atoms with Gasteiger partial charge in [0.2, 0.25) is 11.8 Å². The Morgan fingerprint density at radius 2 is 1.55 bits per heavy atom. The van der Waals surface area contributed by atoms with Crippen LogP contribution in [0.2, 0.25) is 0 Å². The molecule has 3 rings (SSSR count). The van der Waals surface area contributed by atoms with Gasteiger partial charge in [-0.3, -0.25) is 13.9 Å². The second kappa shape index (κ2) is 13.1. The third-order valence-corrected chi connectivity index (χ3v) is 8.06. The fourth-order valence-corrected chi connectivity index (χ4v) is 5.59. The third kappa shape index (κ3) is 6.72. The van der Waals surface area contributed by atoms with Gasteiger partial charge in [-0.15, -0.1) is 0 Å². The van der Waals surface area contributed by atoms with Gasteiger partial charge in [-0.1, -0.05) is 55.5 Å². The Hall–Kier alpha value is -3.85. The van der Waals surface area contributed by atoms with Gasteiger partial charge in [0.25, 0.3) is 10.0 Å². The van der Waals surface area contributed by atoms with Crippen LogP contribution in [0.5, 0.6) is 5.75 Å². The molecular formula is C29H35N3O5S. The first-order valence-electron chi connectivity index (χ1n) is 12.6. The number of benzene rings is 3. The number of ether oxygens (including phenoxy) is 1. The first-order chi connectivity index (χ1) is 18.2. The molecule has 0 aliphatic carbocycles. The SMILES string of the molecule is CCNC(=O)[C@H](C)N(Cc1ccc(OC)cc1)C(=O)CN(c1ccccc1CC)S(=O)(=O)c1ccccc1. The molecule has 1 N–H and O–H groups in total. The van der Waals surface area contributed by atoms with Crippen molar-refractivity contribution >= 4 is 27.5 Å². The number of sulfonamides is 1. The van der Waals surface area contributed by atoms with Crippen LogP contribution >= 0.6 is 0 Å². The molecule has 202 valence electrons. The van der Waals surface area contributed by atoms with Crippen molar-refractivity contribution in [3.8, 4) is 5.75 Å². The van der Waals surface area contributed by atoms with Crippen molar-refractivity contribution in [2.24, 2.45) is 0 Å². The minimum atomic E-state index is -4.08. The Morgan fingerprint density at radius 1 is 0.921 bits per heavy atom. The second-order valence-electron chi connectivity index (χ2n) is 8.75. The molecule has 0 fully saturated rings. The Kier molecular flexibility index (Phi) is 9.90. The largest absolute Gasteiger partial charge is 0.497 e. The lowest BCUT2D eigenvalue weighted by atomic mass is 10.1. The van der Waals surface area contributed by atoms with E-state index in [0.29, 0.717) is 24.4 Å². The third-order valence-electron chi connectivity index (χ3n) is 6.28. The second-order valence-corrected chi connectivity index (χ2v) is 10.6. The van der Waals surface area contributed by atoms with Gasteiger partial charge in [0, 0.05) is 13.1 Å². The number of para-hydroxylation sites is 1. The molecule has 0 aliphatic rings. The Labute approximate surface area is 225 Å². The predicted octanol–water partition coefficient (Wildman–Crippen LogP) is 4.01. The Bertz CT molecular complexity index is 1330. The maximum absolute atomic E-state index is 13.9. The summed E-state index contributed by atoms with van der Waals surface area (Å²) >= 11 is 0. The molecule has 0 heterocycles. The summed E-state index contributed by atoms with van der Waals surface area (Å²) in [5.41, 5.74) is 2.00. The summed E-state index contributed by atoms with van der Waals surface area (Å²) in [7, 11) is -2.52. The van der Waals surface area contributed by atoms with Crippen LogP contribution in [0.3, 0.4) is 0 Å². The van der Waals surface area contributed by atoms with Crippen molar-refractivity contribution in [1.82, 2.24) is 10.2 Å². The number of anilines is 1. The van der Waals surface area contributed by atoms with Crippen molar-refractivity contribution in [1.29, 1.82) is 0 Å². The van der Waals surface area contributed by atoms with Crippen molar-refractivity contribution in [2.45, 2.75) is 44.7 Å². The minimum Gasteiger partial charge on any atom is -0.497 e. The highest BCUT2D eigenvalue weighted by Crippen LogP contribution is 2.28. The predicted molar refractivity (Wildman–Crippen MR) is 148 cm³/mol. The number of amides is 2. The lowest BCUT2D eigenvalue weighted by Crippen LogP contribution is -2.51. The summed E-state index contributed by atoms with van der Waals surface area (Å²) in [6.07, 6.45) is 0.579. The Balaban J connectivity index is 2.04. The zero-order chi connectivity index (χ0) is 27.7. The summed E-state index contributed by atoms with van der Waals surface area (Å²) in [5.74, 6) is -0.148. The van der Waals surface area contributed by atoms with Gasteiger partial charge < -0.3 is 15.0 Å². The summed E-state index contributed by atoms with van der Waals surface area (Å²) in [6, 6.07) is 21.5. The van der Waals surface area contributed by atoms with Gasteiger partial charge in [-0.2, -0.15) is 0 Å². The quantitative estimate of drug-likeness (QED) is 0.377. The van der Waals surface area contributed by atoms with Crippen LogP contribution in [0, 0.1) is 0 Å². The normalized spacial score (nSPS) is 11.9. The van der Waals surface area contributed by atoms with Crippen LogP contribution in [0.25, 0.3) is 0 Å². The number of methoxy groups -OCH3 is 1. The summed E-state index contributed by atoms with van der Waals surface area (Å²) in [6.45, 7) is 5.44. The molecule has 0 radical (unpaired) electrons. The molecule has 8 nitrogen and oxygen atoms in total. The summed E-state index contributed by atoms with van der Waals surface area (Å²) < 4.78 is 34.1. The monoisotopic (exact) mass is 537 g/mol. The number of hydrogen-bond acceptors (Lipinski definition) is 5. The lowest BCUT2D eigenvalue weighted by Gasteiger charge is -2.32. The molecule has 38 heavy (non-hydrogen) atoms. The van der Waals surface area contributed by atoms with E-state index in [2.05, 4.69) is 5.32 Å². The molecule has 0 aromatic heterocycles. The molecule has 3 aromatic carbocycles. The van der Waals surface area contributed by atoms with Crippen molar-refractivity contribution in [3.05, 3.63) is 90.0 Å². The number of nitrogens with one attached hydrogen (secondary N) is 1. The van der Waals surface area contributed by atoms with E-state index in [0.717, 1.165) is 15.4 Å². The van der Waals surface area contributed by atoms with Gasteiger partial charge in [-0.25, -0.2) is 8.42 Å². The van der Waals surface area contributed by atoms with Crippen LogP contribution in [-0.4, -0.2) is 51.4 Å². The Morgan fingerprint density at radius 3 is 2.16 bits per heavy atom. The van der Waals surface area contributed by atoms with E-state index < -0.39 is 28.5 Å². The first kappa shape index (κ1) is 28.7. The highest BCUT2D eigenvalue weighted by Gasteiger charge is 2.33. The van der Waals surface area contributed by atoms with E-state index in [1.807, 2.05) is 31.2 Å². The van der Waals surface area contributed by atoms with Gasteiger partial charge >= 0.3 is 0 Å². The van der Waals surface area contributed by atoms with E-state index in [4.69, 9.17) is 4.74 Å². The maximum atomic E-state index is 13.9. The van der Waals surface area contributed by atoms with Gasteiger partial charge in [-0.05, 0) is 61.7 Å². The molecule has 9 heteroatoms. The van der Waals surface area contributed by atoms with Gasteiger partial charge in [0.15, 0.2) is 0 Å². The first-order valence-corrected chi connectivity index (χ1v) is 14.0. The molecule has 1 atom stereocenters. The molecular weight excluding hydrogens is 502 g/mol. The van der Waals surface area contributed by atoms with E-state index in [-0.39, 0.29) is 17.3 Å². The molecule has 0 saturated carbocycles. The van der Waals surface area contributed by atoms with E-state index in [9.17, 15) is 18.0 Å². The minimum absolute atomic E-state index is 0.0807. The van der Waals surface area contributed by atoms with Crippen LogP contribution in [0.4, 0.5) is 5.69 Å². The van der Waals surface area contributed by atoms with E-state index in [1.165, 1.54) is 17.0 Å². The zero-order valence-corrected chi connectivity index (χ0v) is 23.1. The smallest absolute Gasteiger partial charge is 0.264 e. The highest BCUT2D eigenvalue weighted by molar-refractivity contribution is 7.92. The van der Waals surface area contributed by atoms with E-state index in [1.54, 1.807) is 63.4 Å². The highest BCUT2D eigenvalue weighted by atomic mass is 32.2. The van der Waals surface area contributed by atoms with Crippen LogP contribution in [0.15, 0.2) is 83.8 Å². The van der Waals surface area contributed by atoms with Crippen molar-refractivity contribution < 1.29 is 22.7 Å². The van der Waals surface area contributed by atoms with Crippen molar-refractivity contribution in [3.63, 3.8) is 0 Å². The fourth-order valence-electron chi connectivity index (χ4n) is 4.12. The molecule has 2 amide bonds. The van der Waals surface area contributed by atoms with Crippen LogP contribution in [0.1, 0.15) is 31.9 Å². The average molecular weight is 538 g/mol. The molecule has 0 aliphatic heterocycles. The number of carbonyl (C=O) groups excluding carboxylic acids is 2. The number of likely N-dealkylation sites (N-methyl/N-ethyl adjacent to an activating group) is 1. The fraction of sp³-hybridized carbons (Fsp3) is 0.310. The molecule has 3 aromatic rings.